The number of hydrogen-bond acceptors (Lipinski definition) is 3. The van der Waals surface area contributed by atoms with E-state index >= 15 is 0 Å². The fourth-order valence-corrected chi connectivity index (χ4v) is 3.71. The van der Waals surface area contributed by atoms with Crippen LogP contribution in [0.5, 0.6) is 5.75 Å². The third-order valence-electron chi connectivity index (χ3n) is 4.80. The van der Waals surface area contributed by atoms with Crippen molar-refractivity contribution in [3.8, 4) is 5.75 Å². The van der Waals surface area contributed by atoms with Crippen molar-refractivity contribution >= 4 is 5.57 Å². The lowest BCUT2D eigenvalue weighted by Gasteiger charge is -2.19. The van der Waals surface area contributed by atoms with Crippen molar-refractivity contribution in [2.45, 2.75) is 74.1 Å². The molecule has 0 aliphatic carbocycles. The van der Waals surface area contributed by atoms with E-state index in [9.17, 15) is 9.90 Å². The van der Waals surface area contributed by atoms with Gasteiger partial charge < -0.3 is 9.52 Å². The molecule has 3 heteroatoms. The molecule has 0 bridgehead atoms. The Labute approximate surface area is 146 Å². The molecule has 24 heavy (non-hydrogen) atoms. The van der Waals surface area contributed by atoms with Crippen LogP contribution in [0, 0.1) is 31.6 Å². The van der Waals surface area contributed by atoms with Gasteiger partial charge in [0.1, 0.15) is 11.5 Å². The van der Waals surface area contributed by atoms with Gasteiger partial charge in [0.2, 0.25) is 0 Å². The van der Waals surface area contributed by atoms with Crippen molar-refractivity contribution < 1.29 is 9.52 Å². The minimum Gasteiger partial charge on any atom is -0.507 e. The lowest BCUT2D eigenvalue weighted by Crippen LogP contribution is -2.08. The van der Waals surface area contributed by atoms with Crippen LogP contribution in [0.3, 0.4) is 0 Å². The maximum atomic E-state index is 11.8. The molecule has 0 spiro atoms. The number of rotatable bonds is 8. The van der Waals surface area contributed by atoms with Gasteiger partial charge in [-0.25, -0.2) is 4.79 Å². The standard InChI is InChI=1S/C21H34O3/c1-8-9-13(2)10-14(3)11-15(4)12-16(5)20-17(6)19(22)18(7)21(23)24-20/h12-15,22H,8-11H2,1-7H3/t13-,14+,15-/m0/s1. The summed E-state index contributed by atoms with van der Waals surface area (Å²) in [4.78, 5) is 11.8. The highest BCUT2D eigenvalue weighted by Crippen LogP contribution is 2.29. The van der Waals surface area contributed by atoms with Gasteiger partial charge in [-0.1, -0.05) is 46.6 Å². The van der Waals surface area contributed by atoms with Gasteiger partial charge in [0.25, 0.3) is 0 Å². The fraction of sp³-hybridized carbons (Fsp3) is 0.667. The molecule has 1 aromatic heterocycles. The van der Waals surface area contributed by atoms with E-state index in [1.807, 2.05) is 6.92 Å². The summed E-state index contributed by atoms with van der Waals surface area (Å²) in [5, 5.41) is 10.1. The van der Waals surface area contributed by atoms with E-state index in [0.29, 0.717) is 23.2 Å². The first-order valence-electron chi connectivity index (χ1n) is 9.19. The minimum atomic E-state index is -0.463. The molecular weight excluding hydrogens is 300 g/mol. The van der Waals surface area contributed by atoms with Gasteiger partial charge in [-0.15, -0.1) is 0 Å². The molecule has 1 aromatic rings. The highest BCUT2D eigenvalue weighted by Gasteiger charge is 2.16. The molecule has 1 rings (SSSR count). The molecule has 0 unspecified atom stereocenters. The van der Waals surface area contributed by atoms with E-state index in [2.05, 4.69) is 33.8 Å². The van der Waals surface area contributed by atoms with Crippen molar-refractivity contribution in [1.82, 2.24) is 0 Å². The zero-order valence-corrected chi connectivity index (χ0v) is 16.4. The molecule has 0 aliphatic heterocycles. The Morgan fingerprint density at radius 1 is 1.12 bits per heavy atom. The smallest absolute Gasteiger partial charge is 0.342 e. The maximum absolute atomic E-state index is 11.8. The van der Waals surface area contributed by atoms with Crippen molar-refractivity contribution in [3.05, 3.63) is 33.4 Å². The van der Waals surface area contributed by atoms with Crippen LogP contribution in [-0.4, -0.2) is 5.11 Å². The third kappa shape index (κ3) is 5.54. The Hall–Kier alpha value is -1.51. The predicted molar refractivity (Wildman–Crippen MR) is 101 cm³/mol. The summed E-state index contributed by atoms with van der Waals surface area (Å²) in [5.41, 5.74) is 1.37. The van der Waals surface area contributed by atoms with E-state index in [0.717, 1.165) is 17.9 Å². The molecular formula is C21H34O3. The normalized spacial score (nSPS) is 16.0. The largest absolute Gasteiger partial charge is 0.507 e. The summed E-state index contributed by atoms with van der Waals surface area (Å²) >= 11 is 0. The monoisotopic (exact) mass is 334 g/mol. The van der Waals surface area contributed by atoms with Crippen LogP contribution < -0.4 is 5.63 Å². The van der Waals surface area contributed by atoms with Crippen molar-refractivity contribution in [2.75, 3.05) is 0 Å². The average molecular weight is 335 g/mol. The zero-order chi connectivity index (χ0) is 18.4. The molecule has 0 radical (unpaired) electrons. The second-order valence-electron chi connectivity index (χ2n) is 7.61. The Balaban J connectivity index is 2.84. The molecule has 0 aliphatic rings. The lowest BCUT2D eigenvalue weighted by molar-refractivity contribution is 0.353. The Kier molecular flexibility index (Phi) is 7.78. The fourth-order valence-electron chi connectivity index (χ4n) is 3.71. The van der Waals surface area contributed by atoms with Gasteiger partial charge in [0.05, 0.1) is 5.56 Å². The van der Waals surface area contributed by atoms with Crippen LogP contribution in [0.25, 0.3) is 5.57 Å². The second-order valence-corrected chi connectivity index (χ2v) is 7.61. The Morgan fingerprint density at radius 2 is 1.75 bits per heavy atom. The van der Waals surface area contributed by atoms with Gasteiger partial charge in [0, 0.05) is 5.56 Å². The molecule has 0 saturated heterocycles. The topological polar surface area (TPSA) is 50.4 Å². The van der Waals surface area contributed by atoms with Crippen LogP contribution in [0.4, 0.5) is 0 Å². The Morgan fingerprint density at radius 3 is 2.33 bits per heavy atom. The highest BCUT2D eigenvalue weighted by molar-refractivity contribution is 5.64. The molecule has 1 N–H and O–H groups in total. The summed E-state index contributed by atoms with van der Waals surface area (Å²) in [6.07, 6.45) is 7.07. The van der Waals surface area contributed by atoms with Crippen molar-refractivity contribution in [2.24, 2.45) is 17.8 Å². The quantitative estimate of drug-likeness (QED) is 0.648. The molecule has 0 fully saturated rings. The molecule has 0 saturated carbocycles. The third-order valence-corrected chi connectivity index (χ3v) is 4.80. The van der Waals surface area contributed by atoms with E-state index in [1.54, 1.807) is 13.8 Å². The van der Waals surface area contributed by atoms with Crippen molar-refractivity contribution in [3.63, 3.8) is 0 Å². The summed E-state index contributed by atoms with van der Waals surface area (Å²) in [5.74, 6) is 2.40. The summed E-state index contributed by atoms with van der Waals surface area (Å²) in [7, 11) is 0. The van der Waals surface area contributed by atoms with E-state index in [1.165, 1.54) is 19.3 Å². The zero-order valence-electron chi connectivity index (χ0n) is 16.4. The summed E-state index contributed by atoms with van der Waals surface area (Å²) in [6.45, 7) is 14.4. The van der Waals surface area contributed by atoms with E-state index in [4.69, 9.17) is 4.42 Å². The van der Waals surface area contributed by atoms with Crippen molar-refractivity contribution in [1.29, 1.82) is 0 Å². The maximum Gasteiger partial charge on any atom is 0.342 e. The first kappa shape index (κ1) is 20.5. The molecule has 0 amide bonds. The lowest BCUT2D eigenvalue weighted by atomic mass is 9.87. The minimum absolute atomic E-state index is 0.0448. The average Bonchev–Trinajstić information content (AvgIpc) is 2.48. The summed E-state index contributed by atoms with van der Waals surface area (Å²) < 4.78 is 5.40. The number of hydrogen-bond donors (Lipinski definition) is 1. The molecule has 0 aromatic carbocycles. The SMILES string of the molecule is CCC[C@H](C)C[C@@H](C)C[C@H](C)C=C(C)c1oc(=O)c(C)c(O)c1C. The van der Waals surface area contributed by atoms with E-state index < -0.39 is 5.63 Å². The molecule has 3 nitrogen and oxygen atoms in total. The van der Waals surface area contributed by atoms with Crippen LogP contribution in [0.15, 0.2) is 15.3 Å². The van der Waals surface area contributed by atoms with Crippen LogP contribution in [0.1, 0.15) is 77.2 Å². The number of allylic oxidation sites excluding steroid dienone is 2. The van der Waals surface area contributed by atoms with Gasteiger partial charge in [-0.05, 0) is 56.9 Å². The van der Waals surface area contributed by atoms with Crippen LogP contribution >= 0.6 is 0 Å². The molecule has 3 atom stereocenters. The predicted octanol–water partition coefficient (Wildman–Crippen LogP) is 5.85. The highest BCUT2D eigenvalue weighted by atomic mass is 16.4. The first-order valence-corrected chi connectivity index (χ1v) is 9.19. The first-order chi connectivity index (χ1) is 11.2. The van der Waals surface area contributed by atoms with Crippen LogP contribution in [0.2, 0.25) is 0 Å². The molecule has 136 valence electrons. The number of aromatic hydroxyl groups is 1. The second kappa shape index (κ2) is 9.10. The Bertz CT molecular complexity index is 625. The van der Waals surface area contributed by atoms with Gasteiger partial charge in [0.15, 0.2) is 0 Å². The van der Waals surface area contributed by atoms with Crippen LogP contribution in [-0.2, 0) is 0 Å². The van der Waals surface area contributed by atoms with E-state index in [-0.39, 0.29) is 11.3 Å². The summed E-state index contributed by atoms with van der Waals surface area (Å²) in [6, 6.07) is 0. The van der Waals surface area contributed by atoms with Gasteiger partial charge in [-0.2, -0.15) is 0 Å². The molecule has 1 heterocycles. The van der Waals surface area contributed by atoms with Gasteiger partial charge >= 0.3 is 5.63 Å². The van der Waals surface area contributed by atoms with Gasteiger partial charge in [-0.3, -0.25) is 0 Å².